The third-order valence-corrected chi connectivity index (χ3v) is 5.17. The van der Waals surface area contributed by atoms with Gasteiger partial charge in [-0.25, -0.2) is 0 Å². The van der Waals surface area contributed by atoms with Crippen molar-refractivity contribution in [3.8, 4) is 0 Å². The SMILES string of the molecule is CC(=O)O[C@H]1C[C@]2(COC(=O)C(C)(C)C)CCCCC(=O)[C@@H]2[C@H](OC(C)=O)O1. The molecule has 1 saturated heterocycles. The first-order valence-electron chi connectivity index (χ1n) is 9.64. The Labute approximate surface area is 165 Å². The lowest BCUT2D eigenvalue weighted by Crippen LogP contribution is -2.55. The smallest absolute Gasteiger partial charge is 0.311 e. The highest BCUT2D eigenvalue weighted by Crippen LogP contribution is 2.49. The summed E-state index contributed by atoms with van der Waals surface area (Å²) in [5.74, 6) is -2.43. The van der Waals surface area contributed by atoms with Crippen LogP contribution < -0.4 is 0 Å². The molecular formula is C20H30O8. The Morgan fingerprint density at radius 1 is 1.11 bits per heavy atom. The fraction of sp³-hybridized carbons (Fsp3) is 0.800. The van der Waals surface area contributed by atoms with E-state index in [2.05, 4.69) is 0 Å². The van der Waals surface area contributed by atoms with E-state index in [1.165, 1.54) is 13.8 Å². The number of carbonyl (C=O) groups excluding carboxylic acids is 4. The predicted molar refractivity (Wildman–Crippen MR) is 96.6 cm³/mol. The van der Waals surface area contributed by atoms with E-state index in [4.69, 9.17) is 18.9 Å². The standard InChI is InChI=1S/C20H30O8/c1-12(21)26-15-10-20(11-25-18(24)19(3,4)5)9-7-6-8-14(23)16(20)17(28-15)27-13(2)22/h15-17H,6-11H2,1-5H3/t15-,16-,17-,20+/m1/s1. The molecule has 1 saturated carbocycles. The van der Waals surface area contributed by atoms with Crippen LogP contribution in [0.15, 0.2) is 0 Å². The molecule has 1 aliphatic heterocycles. The molecule has 28 heavy (non-hydrogen) atoms. The second kappa shape index (κ2) is 8.59. The van der Waals surface area contributed by atoms with E-state index in [0.717, 1.165) is 6.42 Å². The second-order valence-electron chi connectivity index (χ2n) is 8.70. The first kappa shape index (κ1) is 22.3. The van der Waals surface area contributed by atoms with Crippen molar-refractivity contribution >= 4 is 23.7 Å². The zero-order chi connectivity index (χ0) is 21.1. The summed E-state index contributed by atoms with van der Waals surface area (Å²) in [6.45, 7) is 7.68. The molecule has 0 spiro atoms. The zero-order valence-electron chi connectivity index (χ0n) is 17.2. The molecule has 0 unspecified atom stereocenters. The molecule has 1 heterocycles. The number of carbonyl (C=O) groups is 4. The van der Waals surface area contributed by atoms with Crippen molar-refractivity contribution in [3.63, 3.8) is 0 Å². The van der Waals surface area contributed by atoms with Crippen LogP contribution in [0.25, 0.3) is 0 Å². The number of fused-ring (bicyclic) bond motifs is 1. The van der Waals surface area contributed by atoms with Crippen molar-refractivity contribution in [1.82, 2.24) is 0 Å². The predicted octanol–water partition coefficient (Wildman–Crippen LogP) is 2.52. The van der Waals surface area contributed by atoms with E-state index < -0.39 is 47.2 Å². The van der Waals surface area contributed by atoms with Crippen LogP contribution in [-0.2, 0) is 38.1 Å². The van der Waals surface area contributed by atoms with Crippen molar-refractivity contribution in [2.75, 3.05) is 6.61 Å². The molecule has 0 aromatic heterocycles. The fourth-order valence-corrected chi connectivity index (χ4v) is 3.87. The van der Waals surface area contributed by atoms with Crippen LogP contribution in [0.3, 0.4) is 0 Å². The summed E-state index contributed by atoms with van der Waals surface area (Å²) in [4.78, 5) is 48.3. The van der Waals surface area contributed by atoms with Gasteiger partial charge in [0.25, 0.3) is 0 Å². The van der Waals surface area contributed by atoms with Gasteiger partial charge in [-0.3, -0.25) is 19.2 Å². The van der Waals surface area contributed by atoms with E-state index in [-0.39, 0.29) is 18.8 Å². The molecule has 2 aliphatic rings. The zero-order valence-corrected chi connectivity index (χ0v) is 17.2. The number of ketones is 1. The summed E-state index contributed by atoms with van der Waals surface area (Å²) in [7, 11) is 0. The second-order valence-corrected chi connectivity index (χ2v) is 8.70. The molecule has 0 bridgehead atoms. The maximum Gasteiger partial charge on any atom is 0.311 e. The number of esters is 3. The van der Waals surface area contributed by atoms with Crippen LogP contribution in [0, 0.1) is 16.7 Å². The number of hydrogen-bond acceptors (Lipinski definition) is 8. The lowest BCUT2D eigenvalue weighted by atomic mass is 9.67. The first-order chi connectivity index (χ1) is 12.9. The molecule has 0 radical (unpaired) electrons. The van der Waals surface area contributed by atoms with Crippen molar-refractivity contribution < 1.29 is 38.1 Å². The Hall–Kier alpha value is -1.96. The molecule has 2 fully saturated rings. The van der Waals surface area contributed by atoms with Crippen LogP contribution in [0.4, 0.5) is 0 Å². The Morgan fingerprint density at radius 2 is 1.75 bits per heavy atom. The third kappa shape index (κ3) is 5.31. The fourth-order valence-electron chi connectivity index (χ4n) is 3.87. The Kier molecular flexibility index (Phi) is 6.85. The minimum Gasteiger partial charge on any atom is -0.465 e. The number of rotatable bonds is 4. The van der Waals surface area contributed by atoms with E-state index >= 15 is 0 Å². The molecule has 0 amide bonds. The normalized spacial score (nSPS) is 30.6. The van der Waals surface area contributed by atoms with Gasteiger partial charge in [-0.15, -0.1) is 0 Å². The minimum atomic E-state index is -1.19. The van der Waals surface area contributed by atoms with Gasteiger partial charge in [0, 0.05) is 32.1 Å². The molecule has 8 nitrogen and oxygen atoms in total. The molecule has 2 rings (SSSR count). The average molecular weight is 398 g/mol. The number of ether oxygens (including phenoxy) is 4. The van der Waals surface area contributed by atoms with Crippen LogP contribution >= 0.6 is 0 Å². The van der Waals surface area contributed by atoms with Crippen molar-refractivity contribution in [2.45, 2.75) is 79.3 Å². The van der Waals surface area contributed by atoms with E-state index in [1.807, 2.05) is 0 Å². The van der Waals surface area contributed by atoms with Crippen LogP contribution in [-0.4, -0.2) is 42.9 Å². The molecule has 4 atom stereocenters. The Balaban J connectivity index is 2.38. The highest BCUT2D eigenvalue weighted by atomic mass is 16.8. The summed E-state index contributed by atoms with van der Waals surface area (Å²) in [5.41, 5.74) is -1.52. The van der Waals surface area contributed by atoms with Crippen molar-refractivity contribution in [3.05, 3.63) is 0 Å². The molecule has 0 aromatic rings. The van der Waals surface area contributed by atoms with E-state index in [9.17, 15) is 19.2 Å². The molecule has 8 heteroatoms. The Bertz CT molecular complexity index is 635. The van der Waals surface area contributed by atoms with Gasteiger partial charge in [0.15, 0.2) is 0 Å². The van der Waals surface area contributed by atoms with Gasteiger partial charge in [0.05, 0.1) is 17.9 Å². The van der Waals surface area contributed by atoms with Gasteiger partial charge in [-0.1, -0.05) is 6.42 Å². The van der Waals surface area contributed by atoms with Crippen molar-refractivity contribution in [2.24, 2.45) is 16.7 Å². The minimum absolute atomic E-state index is 0.0294. The average Bonchev–Trinajstić information content (AvgIpc) is 2.70. The summed E-state index contributed by atoms with van der Waals surface area (Å²) < 4.78 is 21.8. The van der Waals surface area contributed by atoms with Gasteiger partial charge in [0.2, 0.25) is 12.6 Å². The summed E-state index contributed by atoms with van der Waals surface area (Å²) in [6.07, 6.45) is 0.355. The summed E-state index contributed by atoms with van der Waals surface area (Å²) in [5, 5.41) is 0. The molecule has 0 N–H and O–H groups in total. The monoisotopic (exact) mass is 398 g/mol. The highest BCUT2D eigenvalue weighted by molar-refractivity contribution is 5.83. The first-order valence-corrected chi connectivity index (χ1v) is 9.64. The number of hydrogen-bond donors (Lipinski definition) is 0. The maximum atomic E-state index is 12.9. The van der Waals surface area contributed by atoms with Gasteiger partial charge in [-0.05, 0) is 33.6 Å². The van der Waals surface area contributed by atoms with Gasteiger partial charge >= 0.3 is 17.9 Å². The quantitative estimate of drug-likeness (QED) is 0.525. The van der Waals surface area contributed by atoms with E-state index in [1.54, 1.807) is 20.8 Å². The molecule has 0 aromatic carbocycles. The lowest BCUT2D eigenvalue weighted by Gasteiger charge is -2.47. The topological polar surface area (TPSA) is 105 Å². The lowest BCUT2D eigenvalue weighted by molar-refractivity contribution is -0.297. The highest BCUT2D eigenvalue weighted by Gasteiger charge is 2.56. The largest absolute Gasteiger partial charge is 0.465 e. The van der Waals surface area contributed by atoms with Gasteiger partial charge in [0.1, 0.15) is 5.78 Å². The summed E-state index contributed by atoms with van der Waals surface area (Å²) in [6, 6.07) is 0. The molecule has 1 aliphatic carbocycles. The third-order valence-electron chi connectivity index (χ3n) is 5.17. The Morgan fingerprint density at radius 3 is 2.32 bits per heavy atom. The summed E-state index contributed by atoms with van der Waals surface area (Å²) >= 11 is 0. The van der Waals surface area contributed by atoms with Crippen LogP contribution in [0.2, 0.25) is 0 Å². The maximum absolute atomic E-state index is 12.9. The van der Waals surface area contributed by atoms with Gasteiger partial charge in [-0.2, -0.15) is 0 Å². The number of Topliss-reactive ketones (excluding diaryl/α,β-unsaturated/α-hetero) is 1. The van der Waals surface area contributed by atoms with E-state index in [0.29, 0.717) is 19.3 Å². The van der Waals surface area contributed by atoms with Gasteiger partial charge < -0.3 is 18.9 Å². The van der Waals surface area contributed by atoms with Crippen LogP contribution in [0.5, 0.6) is 0 Å². The molecule has 158 valence electrons. The van der Waals surface area contributed by atoms with Crippen LogP contribution in [0.1, 0.15) is 66.7 Å². The van der Waals surface area contributed by atoms with Crippen molar-refractivity contribution in [1.29, 1.82) is 0 Å². The molecular weight excluding hydrogens is 368 g/mol.